The summed E-state index contributed by atoms with van der Waals surface area (Å²) in [6, 6.07) is 25.7. The third kappa shape index (κ3) is 7.82. The van der Waals surface area contributed by atoms with Gasteiger partial charge in [0.1, 0.15) is 17.5 Å². The molecule has 0 radical (unpaired) electrons. The molecule has 2 atom stereocenters. The summed E-state index contributed by atoms with van der Waals surface area (Å²) >= 11 is 0. The van der Waals surface area contributed by atoms with Crippen molar-refractivity contribution < 1.29 is 23.8 Å². The van der Waals surface area contributed by atoms with Crippen molar-refractivity contribution in [2.75, 3.05) is 26.9 Å². The van der Waals surface area contributed by atoms with Gasteiger partial charge < -0.3 is 24.4 Å². The Labute approximate surface area is 218 Å². The van der Waals surface area contributed by atoms with Crippen LogP contribution in [-0.4, -0.2) is 55.7 Å². The maximum atomic E-state index is 13.6. The Morgan fingerprint density at radius 2 is 1.65 bits per heavy atom. The molecule has 1 aliphatic heterocycles. The average Bonchev–Trinajstić information content (AvgIpc) is 3.47. The minimum Gasteiger partial charge on any atom is -0.497 e. The number of amides is 2. The predicted molar refractivity (Wildman–Crippen MR) is 141 cm³/mol. The number of carbonyl (C=O) groups is 2. The molecule has 3 aromatic carbocycles. The van der Waals surface area contributed by atoms with Crippen LogP contribution in [0.2, 0.25) is 0 Å². The Hall–Kier alpha value is -3.84. The number of methoxy groups -OCH3 is 1. The summed E-state index contributed by atoms with van der Waals surface area (Å²) in [4.78, 5) is 28.8. The molecule has 0 aromatic heterocycles. The Balaban J connectivity index is 1.58. The molecule has 1 N–H and O–H groups in total. The molecule has 7 heteroatoms. The summed E-state index contributed by atoms with van der Waals surface area (Å²) in [6.45, 7) is 1.22. The van der Waals surface area contributed by atoms with E-state index in [1.54, 1.807) is 24.1 Å². The summed E-state index contributed by atoms with van der Waals surface area (Å²) in [5.74, 6) is 0.848. The number of rotatable bonds is 12. The number of benzene rings is 3. The van der Waals surface area contributed by atoms with E-state index in [2.05, 4.69) is 5.32 Å². The van der Waals surface area contributed by atoms with E-state index in [-0.39, 0.29) is 31.1 Å². The van der Waals surface area contributed by atoms with Gasteiger partial charge in [-0.3, -0.25) is 9.59 Å². The fraction of sp³-hybridized carbons (Fsp3) is 0.333. The molecule has 1 heterocycles. The molecule has 37 heavy (non-hydrogen) atoms. The molecule has 0 saturated carbocycles. The van der Waals surface area contributed by atoms with Crippen LogP contribution in [-0.2, 0) is 27.3 Å². The van der Waals surface area contributed by atoms with Gasteiger partial charge in [0, 0.05) is 26.1 Å². The number of hydrogen-bond acceptors (Lipinski definition) is 5. The van der Waals surface area contributed by atoms with Gasteiger partial charge in [0.05, 0.1) is 13.2 Å². The highest BCUT2D eigenvalue weighted by molar-refractivity contribution is 5.88. The second kappa shape index (κ2) is 13.5. The van der Waals surface area contributed by atoms with Crippen LogP contribution in [0.1, 0.15) is 24.0 Å². The van der Waals surface area contributed by atoms with Crippen LogP contribution < -0.4 is 14.8 Å². The van der Waals surface area contributed by atoms with Gasteiger partial charge in [-0.05, 0) is 48.2 Å². The number of para-hydroxylation sites is 1. The van der Waals surface area contributed by atoms with Gasteiger partial charge >= 0.3 is 0 Å². The first kappa shape index (κ1) is 26.2. The molecule has 1 aliphatic rings. The molecule has 0 unspecified atom stereocenters. The number of nitrogens with one attached hydrogen (secondary N) is 1. The lowest BCUT2D eigenvalue weighted by atomic mass is 10.0. The molecule has 1 fully saturated rings. The van der Waals surface area contributed by atoms with E-state index < -0.39 is 6.04 Å². The van der Waals surface area contributed by atoms with E-state index in [4.69, 9.17) is 14.2 Å². The molecule has 0 aliphatic carbocycles. The number of nitrogens with zero attached hydrogens (tertiary/aromatic N) is 1. The van der Waals surface area contributed by atoms with Crippen LogP contribution in [0, 0.1) is 0 Å². The molecule has 7 nitrogen and oxygen atoms in total. The average molecular weight is 503 g/mol. The Morgan fingerprint density at radius 1 is 0.946 bits per heavy atom. The lowest BCUT2D eigenvalue weighted by molar-refractivity contribution is -0.143. The molecule has 0 spiro atoms. The first-order chi connectivity index (χ1) is 18.1. The van der Waals surface area contributed by atoms with Crippen molar-refractivity contribution in [2.24, 2.45) is 0 Å². The van der Waals surface area contributed by atoms with Crippen LogP contribution >= 0.6 is 0 Å². The SMILES string of the molecule is COc1ccc(CN(C(=O)COc2ccccc2)[C@H](Cc2ccccc2)C(=O)NC[C@H]2CCCO2)cc1. The second-order valence-electron chi connectivity index (χ2n) is 9.06. The molecule has 2 amide bonds. The van der Waals surface area contributed by atoms with Gasteiger partial charge in [-0.1, -0.05) is 60.7 Å². The maximum Gasteiger partial charge on any atom is 0.261 e. The van der Waals surface area contributed by atoms with Gasteiger partial charge in [-0.2, -0.15) is 0 Å². The number of ether oxygens (including phenoxy) is 3. The van der Waals surface area contributed by atoms with Gasteiger partial charge in [0.25, 0.3) is 5.91 Å². The van der Waals surface area contributed by atoms with Crippen molar-refractivity contribution >= 4 is 11.8 Å². The van der Waals surface area contributed by atoms with Crippen LogP contribution in [0.3, 0.4) is 0 Å². The largest absolute Gasteiger partial charge is 0.497 e. The van der Waals surface area contributed by atoms with Crippen molar-refractivity contribution in [1.82, 2.24) is 10.2 Å². The third-order valence-electron chi connectivity index (χ3n) is 6.42. The minimum absolute atomic E-state index is 0.00785. The van der Waals surface area contributed by atoms with E-state index >= 15 is 0 Å². The number of carbonyl (C=O) groups excluding carboxylic acids is 2. The van der Waals surface area contributed by atoms with Crippen LogP contribution in [0.25, 0.3) is 0 Å². The Morgan fingerprint density at radius 3 is 2.30 bits per heavy atom. The van der Waals surface area contributed by atoms with Crippen molar-refractivity contribution in [3.8, 4) is 11.5 Å². The van der Waals surface area contributed by atoms with Crippen LogP contribution in [0.4, 0.5) is 0 Å². The summed E-state index contributed by atoms with van der Waals surface area (Å²) in [6.07, 6.45) is 2.30. The minimum atomic E-state index is -0.724. The van der Waals surface area contributed by atoms with Crippen molar-refractivity contribution in [2.45, 2.75) is 38.0 Å². The highest BCUT2D eigenvalue weighted by Gasteiger charge is 2.31. The zero-order valence-corrected chi connectivity index (χ0v) is 21.2. The van der Waals surface area contributed by atoms with E-state index in [0.717, 1.165) is 29.7 Å². The quantitative estimate of drug-likeness (QED) is 0.405. The van der Waals surface area contributed by atoms with Gasteiger partial charge in [0.2, 0.25) is 5.91 Å². The Kier molecular flexibility index (Phi) is 9.54. The summed E-state index contributed by atoms with van der Waals surface area (Å²) in [5.41, 5.74) is 1.86. The summed E-state index contributed by atoms with van der Waals surface area (Å²) < 4.78 is 16.7. The van der Waals surface area contributed by atoms with E-state index in [1.807, 2.05) is 72.8 Å². The second-order valence-corrected chi connectivity index (χ2v) is 9.06. The highest BCUT2D eigenvalue weighted by atomic mass is 16.5. The van der Waals surface area contributed by atoms with Gasteiger partial charge in [0.15, 0.2) is 6.61 Å². The van der Waals surface area contributed by atoms with E-state index in [9.17, 15) is 9.59 Å². The lowest BCUT2D eigenvalue weighted by Crippen LogP contribution is -2.52. The first-order valence-corrected chi connectivity index (χ1v) is 12.7. The van der Waals surface area contributed by atoms with E-state index in [0.29, 0.717) is 25.3 Å². The molecule has 0 bridgehead atoms. The number of hydrogen-bond donors (Lipinski definition) is 1. The van der Waals surface area contributed by atoms with Crippen LogP contribution in [0.15, 0.2) is 84.9 Å². The third-order valence-corrected chi connectivity index (χ3v) is 6.42. The van der Waals surface area contributed by atoms with Gasteiger partial charge in [-0.15, -0.1) is 0 Å². The van der Waals surface area contributed by atoms with Crippen molar-refractivity contribution in [3.05, 3.63) is 96.1 Å². The fourth-order valence-corrected chi connectivity index (χ4v) is 4.36. The standard InChI is InChI=1S/C30H34N2O5/c1-35-25-16-14-24(15-17-25)21-32(29(33)22-37-26-11-6-3-7-12-26)28(19-23-9-4-2-5-10-23)30(34)31-20-27-13-8-18-36-27/h2-7,9-12,14-17,27-28H,8,13,18-22H2,1H3,(H,31,34)/t27-,28-/m1/s1. The van der Waals surface area contributed by atoms with E-state index in [1.165, 1.54) is 0 Å². The molecule has 194 valence electrons. The molecule has 3 aromatic rings. The molecule has 1 saturated heterocycles. The zero-order chi connectivity index (χ0) is 25.9. The highest BCUT2D eigenvalue weighted by Crippen LogP contribution is 2.19. The van der Waals surface area contributed by atoms with Crippen molar-refractivity contribution in [1.29, 1.82) is 0 Å². The topological polar surface area (TPSA) is 77.1 Å². The summed E-state index contributed by atoms with van der Waals surface area (Å²) in [5, 5.41) is 3.04. The van der Waals surface area contributed by atoms with Crippen molar-refractivity contribution in [3.63, 3.8) is 0 Å². The smallest absolute Gasteiger partial charge is 0.261 e. The molecular weight excluding hydrogens is 468 g/mol. The molecular formula is C30H34N2O5. The van der Waals surface area contributed by atoms with Gasteiger partial charge in [-0.25, -0.2) is 0 Å². The van der Waals surface area contributed by atoms with Crippen LogP contribution in [0.5, 0.6) is 11.5 Å². The monoisotopic (exact) mass is 502 g/mol. The zero-order valence-electron chi connectivity index (χ0n) is 21.2. The predicted octanol–water partition coefficient (Wildman–Crippen LogP) is 4.01. The Bertz CT molecular complexity index is 1120. The fourth-order valence-electron chi connectivity index (χ4n) is 4.36. The normalized spacial score (nSPS) is 15.5. The lowest BCUT2D eigenvalue weighted by Gasteiger charge is -2.31. The maximum absolute atomic E-state index is 13.6. The molecule has 4 rings (SSSR count). The first-order valence-electron chi connectivity index (χ1n) is 12.7. The summed E-state index contributed by atoms with van der Waals surface area (Å²) in [7, 11) is 1.61.